The summed E-state index contributed by atoms with van der Waals surface area (Å²) < 4.78 is 11.0. The molecule has 0 fully saturated rings. The van der Waals surface area contributed by atoms with Gasteiger partial charge in [-0.05, 0) is 26.2 Å². The number of esters is 2. The van der Waals surface area contributed by atoms with Crippen LogP contribution in [0.15, 0.2) is 0 Å². The second-order valence-electron chi connectivity index (χ2n) is 6.96. The van der Waals surface area contributed by atoms with Crippen molar-refractivity contribution in [2.24, 2.45) is 0 Å². The van der Waals surface area contributed by atoms with Gasteiger partial charge < -0.3 is 9.47 Å². The first kappa shape index (κ1) is 23.9. The van der Waals surface area contributed by atoms with E-state index < -0.39 is 0 Å². The molecule has 0 aromatic heterocycles. The molecule has 0 rings (SSSR count). The number of carbonyl (C=O) groups is 2. The van der Waals surface area contributed by atoms with E-state index in [0.717, 1.165) is 25.7 Å². The zero-order valence-electron chi connectivity index (χ0n) is 17.0. The monoisotopic (exact) mass is 356 g/mol. The van der Waals surface area contributed by atoms with Gasteiger partial charge in [-0.1, -0.05) is 72.1 Å². The third-order valence-corrected chi connectivity index (χ3v) is 4.50. The molecule has 0 radical (unpaired) electrons. The van der Waals surface area contributed by atoms with Crippen molar-refractivity contribution in [1.29, 1.82) is 0 Å². The Hall–Kier alpha value is -1.06. The second-order valence-corrected chi connectivity index (χ2v) is 6.96. The average molecular weight is 357 g/mol. The zero-order valence-corrected chi connectivity index (χ0v) is 17.0. The summed E-state index contributed by atoms with van der Waals surface area (Å²) in [4.78, 5) is 23.8. The van der Waals surface area contributed by atoms with E-state index in [4.69, 9.17) is 9.47 Å². The Labute approximate surface area is 155 Å². The number of ether oxygens (including phenoxy) is 2. The molecule has 0 aliphatic rings. The fourth-order valence-electron chi connectivity index (χ4n) is 2.83. The van der Waals surface area contributed by atoms with Gasteiger partial charge in [0.15, 0.2) is 0 Å². The van der Waals surface area contributed by atoms with Crippen LogP contribution >= 0.6 is 0 Å². The van der Waals surface area contributed by atoms with E-state index in [1.165, 1.54) is 38.5 Å². The van der Waals surface area contributed by atoms with Crippen LogP contribution < -0.4 is 0 Å². The molecule has 25 heavy (non-hydrogen) atoms. The highest BCUT2D eigenvalue weighted by molar-refractivity contribution is 5.70. The Bertz CT molecular complexity index is 341. The molecule has 0 aliphatic heterocycles. The van der Waals surface area contributed by atoms with Crippen molar-refractivity contribution in [3.05, 3.63) is 0 Å². The van der Waals surface area contributed by atoms with Crippen molar-refractivity contribution in [2.75, 3.05) is 0 Å². The van der Waals surface area contributed by atoms with Crippen molar-refractivity contribution >= 4 is 11.9 Å². The molecular weight excluding hydrogens is 316 g/mol. The van der Waals surface area contributed by atoms with Crippen LogP contribution in [-0.4, -0.2) is 24.1 Å². The second kappa shape index (κ2) is 16.4. The van der Waals surface area contributed by atoms with Crippen molar-refractivity contribution in [3.8, 4) is 0 Å². The van der Waals surface area contributed by atoms with E-state index >= 15 is 0 Å². The fourth-order valence-corrected chi connectivity index (χ4v) is 2.83. The SMILES string of the molecule is CCCCCCCC(=O)OC(C)C(CC)OC(=O)CCCCCCC. The number of hydrogen-bond donors (Lipinski definition) is 0. The molecule has 0 saturated heterocycles. The summed E-state index contributed by atoms with van der Waals surface area (Å²) in [5.41, 5.74) is 0. The first-order valence-corrected chi connectivity index (χ1v) is 10.4. The predicted molar refractivity (Wildman–Crippen MR) is 102 cm³/mol. The lowest BCUT2D eigenvalue weighted by molar-refractivity contribution is -0.167. The van der Waals surface area contributed by atoms with E-state index in [-0.39, 0.29) is 24.1 Å². The molecule has 2 unspecified atom stereocenters. The van der Waals surface area contributed by atoms with E-state index in [1.807, 2.05) is 13.8 Å². The van der Waals surface area contributed by atoms with Crippen LogP contribution in [0.3, 0.4) is 0 Å². The maximum atomic E-state index is 11.9. The summed E-state index contributed by atoms with van der Waals surface area (Å²) in [6.45, 7) is 8.12. The number of rotatable bonds is 16. The summed E-state index contributed by atoms with van der Waals surface area (Å²) in [5, 5.41) is 0. The average Bonchev–Trinajstić information content (AvgIpc) is 2.59. The minimum absolute atomic E-state index is 0.175. The number of hydrogen-bond acceptors (Lipinski definition) is 4. The summed E-state index contributed by atoms with van der Waals surface area (Å²) in [6.07, 6.45) is 11.9. The van der Waals surface area contributed by atoms with Gasteiger partial charge in [0.05, 0.1) is 0 Å². The van der Waals surface area contributed by atoms with Crippen LogP contribution in [0.4, 0.5) is 0 Å². The molecule has 0 saturated carbocycles. The van der Waals surface area contributed by atoms with Crippen LogP contribution in [0, 0.1) is 0 Å². The Morgan fingerprint density at radius 2 is 1.12 bits per heavy atom. The maximum absolute atomic E-state index is 11.9. The quantitative estimate of drug-likeness (QED) is 0.253. The summed E-state index contributed by atoms with van der Waals surface area (Å²) in [7, 11) is 0. The van der Waals surface area contributed by atoms with Gasteiger partial charge in [0.1, 0.15) is 12.2 Å². The minimum Gasteiger partial charge on any atom is -0.459 e. The van der Waals surface area contributed by atoms with Crippen LogP contribution in [0.25, 0.3) is 0 Å². The predicted octanol–water partition coefficient (Wildman–Crippen LogP) is 5.96. The lowest BCUT2D eigenvalue weighted by Crippen LogP contribution is -2.32. The third-order valence-electron chi connectivity index (χ3n) is 4.50. The highest BCUT2D eigenvalue weighted by Gasteiger charge is 2.23. The standard InChI is InChI=1S/C21H40O4/c1-5-8-10-12-14-16-20(22)24-18(4)19(7-3)25-21(23)17-15-13-11-9-6-2/h18-19H,5-17H2,1-4H3. The Kier molecular flexibility index (Phi) is 15.7. The van der Waals surface area contributed by atoms with Crippen LogP contribution in [0.5, 0.6) is 0 Å². The van der Waals surface area contributed by atoms with Crippen molar-refractivity contribution in [2.45, 2.75) is 123 Å². The first-order chi connectivity index (χ1) is 12.0. The molecule has 0 aliphatic carbocycles. The van der Waals surface area contributed by atoms with Crippen molar-refractivity contribution in [3.63, 3.8) is 0 Å². The summed E-state index contributed by atoms with van der Waals surface area (Å²) >= 11 is 0. The normalized spacial score (nSPS) is 13.3. The van der Waals surface area contributed by atoms with Crippen molar-refractivity contribution < 1.29 is 19.1 Å². The molecule has 4 nitrogen and oxygen atoms in total. The Balaban J connectivity index is 3.97. The highest BCUT2D eigenvalue weighted by atomic mass is 16.6. The fraction of sp³-hybridized carbons (Fsp3) is 0.905. The third kappa shape index (κ3) is 13.9. The van der Waals surface area contributed by atoms with Crippen LogP contribution in [0.2, 0.25) is 0 Å². The van der Waals surface area contributed by atoms with Gasteiger partial charge in [0.2, 0.25) is 0 Å². The molecule has 0 amide bonds. The van der Waals surface area contributed by atoms with Gasteiger partial charge >= 0.3 is 11.9 Å². The molecule has 0 aromatic rings. The number of carbonyl (C=O) groups excluding carboxylic acids is 2. The van der Waals surface area contributed by atoms with E-state index in [2.05, 4.69) is 13.8 Å². The molecule has 148 valence electrons. The van der Waals surface area contributed by atoms with Gasteiger partial charge in [-0.2, -0.15) is 0 Å². The first-order valence-electron chi connectivity index (χ1n) is 10.4. The lowest BCUT2D eigenvalue weighted by atomic mass is 10.1. The smallest absolute Gasteiger partial charge is 0.306 e. The number of unbranched alkanes of at least 4 members (excludes halogenated alkanes) is 8. The van der Waals surface area contributed by atoms with E-state index in [9.17, 15) is 9.59 Å². The van der Waals surface area contributed by atoms with Crippen LogP contribution in [0.1, 0.15) is 111 Å². The maximum Gasteiger partial charge on any atom is 0.306 e. The topological polar surface area (TPSA) is 52.6 Å². The molecule has 0 spiro atoms. The van der Waals surface area contributed by atoms with Gasteiger partial charge in [-0.3, -0.25) is 9.59 Å². The van der Waals surface area contributed by atoms with E-state index in [1.54, 1.807) is 0 Å². The van der Waals surface area contributed by atoms with Gasteiger partial charge in [0, 0.05) is 12.8 Å². The largest absolute Gasteiger partial charge is 0.459 e. The van der Waals surface area contributed by atoms with Crippen molar-refractivity contribution in [1.82, 2.24) is 0 Å². The Morgan fingerprint density at radius 3 is 1.56 bits per heavy atom. The molecule has 2 atom stereocenters. The molecule has 0 heterocycles. The molecule has 0 bridgehead atoms. The minimum atomic E-state index is -0.378. The van der Waals surface area contributed by atoms with Gasteiger partial charge in [-0.15, -0.1) is 0 Å². The summed E-state index contributed by atoms with van der Waals surface area (Å²) in [6, 6.07) is 0. The van der Waals surface area contributed by atoms with E-state index in [0.29, 0.717) is 19.3 Å². The molecule has 4 heteroatoms. The highest BCUT2D eigenvalue weighted by Crippen LogP contribution is 2.14. The molecule has 0 aromatic carbocycles. The molecular formula is C21H40O4. The lowest BCUT2D eigenvalue weighted by Gasteiger charge is -2.23. The van der Waals surface area contributed by atoms with Gasteiger partial charge in [0.25, 0.3) is 0 Å². The van der Waals surface area contributed by atoms with Gasteiger partial charge in [-0.25, -0.2) is 0 Å². The molecule has 0 N–H and O–H groups in total. The Morgan fingerprint density at radius 1 is 0.680 bits per heavy atom. The zero-order chi connectivity index (χ0) is 18.9. The summed E-state index contributed by atoms with van der Waals surface area (Å²) in [5.74, 6) is -0.358. The van der Waals surface area contributed by atoms with Crippen LogP contribution in [-0.2, 0) is 19.1 Å².